The van der Waals surface area contributed by atoms with Crippen molar-refractivity contribution < 1.29 is 9.15 Å². The summed E-state index contributed by atoms with van der Waals surface area (Å²) < 4.78 is 11.6. The quantitative estimate of drug-likeness (QED) is 0.573. The van der Waals surface area contributed by atoms with Crippen molar-refractivity contribution in [1.29, 1.82) is 0 Å². The van der Waals surface area contributed by atoms with Gasteiger partial charge in [0.15, 0.2) is 0 Å². The smallest absolute Gasteiger partial charge is 0.131 e. The van der Waals surface area contributed by atoms with Crippen LogP contribution in [-0.4, -0.2) is 24.7 Å². The number of thiophene rings is 1. The minimum atomic E-state index is -0.0308. The number of nitrogens with two attached hydrogens (primary N) is 1. The van der Waals surface area contributed by atoms with Crippen molar-refractivity contribution in [3.8, 4) is 0 Å². The molecule has 3 aromatic rings. The average Bonchev–Trinajstić information content (AvgIpc) is 3.15. The van der Waals surface area contributed by atoms with Crippen LogP contribution in [0.3, 0.4) is 0 Å². The maximum absolute atomic E-state index is 6.21. The van der Waals surface area contributed by atoms with E-state index in [0.717, 1.165) is 33.6 Å². The molecule has 5 nitrogen and oxygen atoms in total. The number of nitrogens with one attached hydrogen (secondary N) is 1. The molecule has 0 amide bonds. The Balaban J connectivity index is 0.00000225. The van der Waals surface area contributed by atoms with E-state index in [2.05, 4.69) is 17.2 Å². The van der Waals surface area contributed by atoms with Crippen molar-refractivity contribution in [2.75, 3.05) is 19.0 Å². The highest BCUT2D eigenvalue weighted by Crippen LogP contribution is 2.37. The average molecular weight is 402 g/mol. The van der Waals surface area contributed by atoms with Gasteiger partial charge in [0.05, 0.1) is 35.3 Å². The summed E-state index contributed by atoms with van der Waals surface area (Å²) in [7, 11) is 1.66. The lowest BCUT2D eigenvalue weighted by Gasteiger charge is -2.08. The van der Waals surface area contributed by atoms with Crippen LogP contribution in [0.2, 0.25) is 5.15 Å². The fraction of sp³-hybridized carbons (Fsp3) is 0.353. The Morgan fingerprint density at radius 1 is 1.48 bits per heavy atom. The van der Waals surface area contributed by atoms with E-state index in [1.165, 1.54) is 4.88 Å². The number of fused-ring (bicyclic) bond motifs is 1. The number of nitrogens with zero attached hydrogens (tertiary/aromatic N) is 1. The number of hydrogen-bond acceptors (Lipinski definition) is 6. The summed E-state index contributed by atoms with van der Waals surface area (Å²) in [6.45, 7) is 3.19. The zero-order chi connectivity index (χ0) is 17.1. The Morgan fingerprint density at radius 3 is 2.96 bits per heavy atom. The number of halogens is 2. The first-order chi connectivity index (χ1) is 11.6. The first-order valence-corrected chi connectivity index (χ1v) is 8.87. The standard InChI is InChI=1S/C17H20ClN3O2S.ClH/c1-10-14(6-11(19)9-22-2)24-17-13(7-15(18)21-16(10)17)20-8-12-4-3-5-23-12;/h3-5,7,11H,6,8-9,19H2,1-2H3,(H,20,21);1H/t11-;/m1./s1. The van der Waals surface area contributed by atoms with Crippen LogP contribution in [0.5, 0.6) is 0 Å². The maximum atomic E-state index is 6.21. The molecule has 1 atom stereocenters. The topological polar surface area (TPSA) is 73.3 Å². The first kappa shape index (κ1) is 20.0. The number of furan rings is 1. The van der Waals surface area contributed by atoms with Crippen molar-refractivity contribution >= 4 is 51.2 Å². The molecule has 0 aliphatic heterocycles. The molecule has 0 saturated carbocycles. The van der Waals surface area contributed by atoms with E-state index in [4.69, 9.17) is 26.5 Å². The number of hydrogen-bond donors (Lipinski definition) is 2. The molecule has 0 unspecified atom stereocenters. The van der Waals surface area contributed by atoms with Crippen molar-refractivity contribution in [3.05, 3.63) is 45.8 Å². The van der Waals surface area contributed by atoms with E-state index in [-0.39, 0.29) is 18.4 Å². The number of anilines is 1. The van der Waals surface area contributed by atoms with Crippen LogP contribution in [0, 0.1) is 6.92 Å². The fourth-order valence-electron chi connectivity index (χ4n) is 2.62. The first-order valence-electron chi connectivity index (χ1n) is 7.67. The predicted octanol–water partition coefficient (Wildman–Crippen LogP) is 4.40. The Labute approximate surface area is 161 Å². The Hall–Kier alpha value is -1.31. The number of aryl methyl sites for hydroxylation is 1. The molecule has 3 heterocycles. The minimum Gasteiger partial charge on any atom is -0.467 e. The summed E-state index contributed by atoms with van der Waals surface area (Å²) in [5.41, 5.74) is 9.12. The summed E-state index contributed by atoms with van der Waals surface area (Å²) in [6, 6.07) is 5.62. The monoisotopic (exact) mass is 401 g/mol. The molecular weight excluding hydrogens is 381 g/mol. The summed E-state index contributed by atoms with van der Waals surface area (Å²) in [5.74, 6) is 0.867. The van der Waals surface area contributed by atoms with Gasteiger partial charge in [-0.3, -0.25) is 0 Å². The predicted molar refractivity (Wildman–Crippen MR) is 106 cm³/mol. The van der Waals surface area contributed by atoms with E-state index < -0.39 is 0 Å². The third-order valence-electron chi connectivity index (χ3n) is 3.80. The molecule has 3 aromatic heterocycles. The number of ether oxygens (including phenoxy) is 1. The van der Waals surface area contributed by atoms with Crippen LogP contribution in [-0.2, 0) is 17.7 Å². The van der Waals surface area contributed by atoms with Gasteiger partial charge < -0.3 is 20.2 Å². The van der Waals surface area contributed by atoms with Gasteiger partial charge in [-0.25, -0.2) is 4.98 Å². The second-order valence-corrected chi connectivity index (χ2v) is 7.17. The van der Waals surface area contributed by atoms with Crippen LogP contribution in [0.15, 0.2) is 28.9 Å². The van der Waals surface area contributed by atoms with E-state index >= 15 is 0 Å². The normalized spacial score (nSPS) is 12.2. The third kappa shape index (κ3) is 4.65. The lowest BCUT2D eigenvalue weighted by atomic mass is 10.1. The Kier molecular flexibility index (Phi) is 7.10. The summed E-state index contributed by atoms with van der Waals surface area (Å²) >= 11 is 7.91. The molecule has 0 aromatic carbocycles. The van der Waals surface area contributed by atoms with E-state index in [9.17, 15) is 0 Å². The van der Waals surface area contributed by atoms with Gasteiger partial charge in [-0.05, 0) is 31.0 Å². The van der Waals surface area contributed by atoms with Gasteiger partial charge in [0.25, 0.3) is 0 Å². The van der Waals surface area contributed by atoms with Crippen LogP contribution in [0.1, 0.15) is 16.2 Å². The van der Waals surface area contributed by atoms with Crippen LogP contribution >= 0.6 is 35.3 Å². The lowest BCUT2D eigenvalue weighted by Crippen LogP contribution is -2.27. The van der Waals surface area contributed by atoms with E-state index in [0.29, 0.717) is 18.3 Å². The third-order valence-corrected chi connectivity index (χ3v) is 5.33. The fourth-order valence-corrected chi connectivity index (χ4v) is 4.15. The van der Waals surface area contributed by atoms with Crippen LogP contribution in [0.25, 0.3) is 10.2 Å². The van der Waals surface area contributed by atoms with Gasteiger partial charge in [-0.1, -0.05) is 11.6 Å². The zero-order valence-electron chi connectivity index (χ0n) is 14.0. The molecule has 25 heavy (non-hydrogen) atoms. The van der Waals surface area contributed by atoms with Crippen LogP contribution < -0.4 is 11.1 Å². The minimum absolute atomic E-state index is 0. The molecule has 136 valence electrons. The second kappa shape index (κ2) is 8.87. The SMILES string of the molecule is COC[C@H](N)Cc1sc2c(NCc3ccco3)cc(Cl)nc2c1C.Cl. The number of aromatic nitrogens is 1. The lowest BCUT2D eigenvalue weighted by molar-refractivity contribution is 0.180. The molecular formula is C17H21Cl2N3O2S. The van der Waals surface area contributed by atoms with Crippen molar-refractivity contribution in [2.24, 2.45) is 5.73 Å². The van der Waals surface area contributed by atoms with E-state index in [1.807, 2.05) is 18.2 Å². The van der Waals surface area contributed by atoms with Crippen molar-refractivity contribution in [2.45, 2.75) is 25.9 Å². The molecule has 0 spiro atoms. The number of rotatable bonds is 7. The highest BCUT2D eigenvalue weighted by molar-refractivity contribution is 7.19. The molecule has 0 saturated heterocycles. The molecule has 0 radical (unpaired) electrons. The van der Waals surface area contributed by atoms with Gasteiger partial charge >= 0.3 is 0 Å². The second-order valence-electron chi connectivity index (χ2n) is 5.67. The Bertz CT molecular complexity index is 821. The van der Waals surface area contributed by atoms with Crippen LogP contribution in [0.4, 0.5) is 5.69 Å². The Morgan fingerprint density at radius 2 is 2.28 bits per heavy atom. The van der Waals surface area contributed by atoms with Gasteiger partial charge in [-0.2, -0.15) is 0 Å². The molecule has 3 rings (SSSR count). The zero-order valence-corrected chi connectivity index (χ0v) is 16.4. The molecule has 0 bridgehead atoms. The summed E-state index contributed by atoms with van der Waals surface area (Å²) in [6.07, 6.45) is 2.42. The summed E-state index contributed by atoms with van der Waals surface area (Å²) in [4.78, 5) is 5.71. The van der Waals surface area contributed by atoms with Gasteiger partial charge in [0.2, 0.25) is 0 Å². The number of pyridine rings is 1. The maximum Gasteiger partial charge on any atom is 0.131 e. The van der Waals surface area contributed by atoms with Crippen molar-refractivity contribution in [1.82, 2.24) is 4.98 Å². The van der Waals surface area contributed by atoms with Gasteiger partial charge in [0, 0.05) is 24.1 Å². The van der Waals surface area contributed by atoms with Crippen molar-refractivity contribution in [3.63, 3.8) is 0 Å². The van der Waals surface area contributed by atoms with E-state index in [1.54, 1.807) is 24.7 Å². The molecule has 0 fully saturated rings. The molecule has 3 N–H and O–H groups in total. The summed E-state index contributed by atoms with van der Waals surface area (Å²) in [5, 5.41) is 3.86. The molecule has 0 aliphatic rings. The van der Waals surface area contributed by atoms with Gasteiger partial charge in [-0.15, -0.1) is 23.7 Å². The number of methoxy groups -OCH3 is 1. The molecule has 8 heteroatoms. The largest absolute Gasteiger partial charge is 0.467 e. The highest BCUT2D eigenvalue weighted by Gasteiger charge is 2.16. The highest BCUT2D eigenvalue weighted by atomic mass is 35.5. The van der Waals surface area contributed by atoms with Gasteiger partial charge in [0.1, 0.15) is 10.9 Å². The molecule has 0 aliphatic carbocycles.